The number of pyridine rings is 1. The Morgan fingerprint density at radius 3 is 2.16 bits per heavy atom. The van der Waals surface area contributed by atoms with Crippen LogP contribution in [0.1, 0.15) is 71.1 Å². The number of amides is 2. The van der Waals surface area contributed by atoms with Crippen LogP contribution in [0.25, 0.3) is 33.6 Å². The average Bonchev–Trinajstić information content (AvgIpc) is 3.92. The van der Waals surface area contributed by atoms with Gasteiger partial charge in [-0.25, -0.2) is 9.97 Å². The maximum absolute atomic E-state index is 13.8. The maximum Gasteiger partial charge on any atom is 0.245 e. The monoisotopic (exact) mass is 658 g/mol. The van der Waals surface area contributed by atoms with E-state index in [0.29, 0.717) is 19.5 Å². The van der Waals surface area contributed by atoms with E-state index < -0.39 is 0 Å². The van der Waals surface area contributed by atoms with Gasteiger partial charge >= 0.3 is 0 Å². The van der Waals surface area contributed by atoms with Crippen LogP contribution in [0.15, 0.2) is 85.5 Å². The zero-order valence-electron chi connectivity index (χ0n) is 28.8. The molecule has 1 aliphatic rings. The molecule has 2 amide bonds. The topological polar surface area (TPSA) is 123 Å². The standard InChI is InChI=1S/C39H46N8O2/c1-5-20-46(36(48)6-2)25-35-41-23-32(44-35)29-15-11-27(12-16-29)28-13-17-30(18-14-28)33-24-42-38(45-33)34-10-8-21-47(34)39(49)37(26(3)4)43-31-9-7-19-40-22-31/h7,9,11-19,22-24,26,34,37,43H,5-6,8,10,20-21,25H2,1-4H3,(H,41,44)(H,42,45). The molecule has 2 aromatic carbocycles. The molecule has 1 saturated heterocycles. The van der Waals surface area contributed by atoms with Gasteiger partial charge in [-0.05, 0) is 59.6 Å². The molecule has 0 aliphatic carbocycles. The van der Waals surface area contributed by atoms with Gasteiger partial charge in [0.05, 0.1) is 42.1 Å². The molecule has 1 aliphatic heterocycles. The van der Waals surface area contributed by atoms with Gasteiger partial charge < -0.3 is 25.1 Å². The van der Waals surface area contributed by atoms with Crippen molar-refractivity contribution >= 4 is 17.5 Å². The summed E-state index contributed by atoms with van der Waals surface area (Å²) in [5, 5.41) is 3.40. The highest BCUT2D eigenvalue weighted by molar-refractivity contribution is 5.85. The number of benzene rings is 2. The molecule has 1 fully saturated rings. The first-order valence-electron chi connectivity index (χ1n) is 17.4. The van der Waals surface area contributed by atoms with Gasteiger partial charge in [-0.1, -0.05) is 76.2 Å². The van der Waals surface area contributed by atoms with Gasteiger partial charge in [0.2, 0.25) is 11.8 Å². The van der Waals surface area contributed by atoms with Crippen molar-refractivity contribution < 1.29 is 9.59 Å². The number of carbonyl (C=O) groups excluding carboxylic acids is 2. The second kappa shape index (κ2) is 15.3. The number of carbonyl (C=O) groups is 2. The molecule has 2 atom stereocenters. The number of imidazole rings is 2. The van der Waals surface area contributed by atoms with Crippen LogP contribution in [0.3, 0.4) is 0 Å². The second-order valence-electron chi connectivity index (χ2n) is 13.0. The van der Waals surface area contributed by atoms with Gasteiger partial charge in [-0.3, -0.25) is 14.6 Å². The fourth-order valence-electron chi connectivity index (χ4n) is 6.53. The zero-order valence-corrected chi connectivity index (χ0v) is 28.8. The smallest absolute Gasteiger partial charge is 0.245 e. The van der Waals surface area contributed by atoms with Crippen LogP contribution in [0.2, 0.25) is 0 Å². The minimum Gasteiger partial charge on any atom is -0.372 e. The van der Waals surface area contributed by atoms with Crippen molar-refractivity contribution in [3.8, 4) is 33.6 Å². The van der Waals surface area contributed by atoms with Gasteiger partial charge in [-0.15, -0.1) is 0 Å². The van der Waals surface area contributed by atoms with E-state index in [2.05, 4.69) is 94.6 Å². The molecule has 10 heteroatoms. The number of likely N-dealkylation sites (tertiary alicyclic amines) is 1. The van der Waals surface area contributed by atoms with Gasteiger partial charge in [0.15, 0.2) is 0 Å². The summed E-state index contributed by atoms with van der Waals surface area (Å²) in [4.78, 5) is 50.3. The van der Waals surface area contributed by atoms with E-state index in [0.717, 1.165) is 76.8 Å². The second-order valence-corrected chi connectivity index (χ2v) is 13.0. The molecule has 3 aromatic heterocycles. The SMILES string of the molecule is CCCN(Cc1ncc(-c2ccc(-c3ccc(-c4cnc(C5CCCN5C(=O)C(Nc5cccnc5)C(C)C)[nH]4)cc3)cc2)[nH]1)C(=O)CC. The lowest BCUT2D eigenvalue weighted by Crippen LogP contribution is -2.45. The fraction of sp³-hybridized carbons (Fsp3) is 0.359. The van der Waals surface area contributed by atoms with Crippen LogP contribution in [-0.2, 0) is 16.1 Å². The molecular weight excluding hydrogens is 612 g/mol. The Hall–Kier alpha value is -5.25. The number of H-pyrrole nitrogens is 2. The van der Waals surface area contributed by atoms with Gasteiger partial charge in [0, 0.05) is 31.9 Å². The molecule has 10 nitrogen and oxygen atoms in total. The zero-order chi connectivity index (χ0) is 34.3. The third kappa shape index (κ3) is 7.74. The molecule has 0 radical (unpaired) electrons. The summed E-state index contributed by atoms with van der Waals surface area (Å²) in [7, 11) is 0. The minimum absolute atomic E-state index is 0.0870. The third-order valence-electron chi connectivity index (χ3n) is 9.21. The van der Waals surface area contributed by atoms with Gasteiger partial charge in [0.25, 0.3) is 0 Å². The number of hydrogen-bond donors (Lipinski definition) is 3. The predicted octanol–water partition coefficient (Wildman–Crippen LogP) is 7.48. The number of nitrogens with one attached hydrogen (secondary N) is 3. The summed E-state index contributed by atoms with van der Waals surface area (Å²) < 4.78 is 0. The van der Waals surface area contributed by atoms with Crippen molar-refractivity contribution in [3.63, 3.8) is 0 Å². The minimum atomic E-state index is -0.350. The summed E-state index contributed by atoms with van der Waals surface area (Å²) in [6.45, 7) is 10.0. The Morgan fingerprint density at radius 2 is 1.55 bits per heavy atom. The molecule has 0 bridgehead atoms. The molecule has 49 heavy (non-hydrogen) atoms. The summed E-state index contributed by atoms with van der Waals surface area (Å²) in [5.74, 6) is 1.95. The van der Waals surface area contributed by atoms with E-state index in [-0.39, 0.29) is 29.8 Å². The van der Waals surface area contributed by atoms with Crippen LogP contribution < -0.4 is 5.32 Å². The van der Waals surface area contributed by atoms with Gasteiger partial charge in [-0.2, -0.15) is 0 Å². The first-order valence-corrected chi connectivity index (χ1v) is 17.4. The number of aromatic amines is 2. The van der Waals surface area contributed by atoms with E-state index in [1.54, 1.807) is 12.4 Å². The number of hydrogen-bond acceptors (Lipinski definition) is 6. The van der Waals surface area contributed by atoms with Crippen LogP contribution in [0, 0.1) is 5.92 Å². The molecular formula is C39H46N8O2. The van der Waals surface area contributed by atoms with Crippen LogP contribution in [0.4, 0.5) is 5.69 Å². The molecule has 0 saturated carbocycles. The Morgan fingerprint density at radius 1 is 0.898 bits per heavy atom. The van der Waals surface area contributed by atoms with Crippen LogP contribution in [0.5, 0.6) is 0 Å². The van der Waals surface area contributed by atoms with E-state index in [1.165, 1.54) is 0 Å². The Bertz CT molecular complexity index is 1830. The maximum atomic E-state index is 13.8. The summed E-state index contributed by atoms with van der Waals surface area (Å²) in [6, 6.07) is 20.2. The Balaban J connectivity index is 1.11. The van der Waals surface area contributed by atoms with Crippen molar-refractivity contribution in [1.29, 1.82) is 0 Å². The number of nitrogens with zero attached hydrogens (tertiary/aromatic N) is 5. The molecule has 4 heterocycles. The lowest BCUT2D eigenvalue weighted by Gasteiger charge is -2.30. The highest BCUT2D eigenvalue weighted by Gasteiger charge is 2.36. The van der Waals surface area contributed by atoms with Crippen LogP contribution >= 0.6 is 0 Å². The fourth-order valence-corrected chi connectivity index (χ4v) is 6.53. The molecule has 254 valence electrons. The summed E-state index contributed by atoms with van der Waals surface area (Å²) in [6.07, 6.45) is 10.4. The van der Waals surface area contributed by atoms with Gasteiger partial charge in [0.1, 0.15) is 17.7 Å². The molecule has 3 N–H and O–H groups in total. The quantitative estimate of drug-likeness (QED) is 0.121. The average molecular weight is 659 g/mol. The lowest BCUT2D eigenvalue weighted by molar-refractivity contribution is -0.134. The molecule has 6 rings (SSSR count). The summed E-state index contributed by atoms with van der Waals surface area (Å²) in [5.41, 5.74) is 7.01. The molecule has 0 spiro atoms. The first-order chi connectivity index (χ1) is 23.8. The van der Waals surface area contributed by atoms with Crippen molar-refractivity contribution in [3.05, 3.63) is 97.1 Å². The molecule has 2 unspecified atom stereocenters. The number of anilines is 1. The Kier molecular flexibility index (Phi) is 10.5. The Labute approximate surface area is 288 Å². The van der Waals surface area contributed by atoms with Crippen molar-refractivity contribution in [2.24, 2.45) is 5.92 Å². The normalized spacial score (nSPS) is 15.0. The van der Waals surface area contributed by atoms with Crippen LogP contribution in [-0.4, -0.2) is 65.7 Å². The van der Waals surface area contributed by atoms with Crippen molar-refractivity contribution in [1.82, 2.24) is 34.7 Å². The molecule has 5 aromatic rings. The highest BCUT2D eigenvalue weighted by Crippen LogP contribution is 2.34. The summed E-state index contributed by atoms with van der Waals surface area (Å²) >= 11 is 0. The highest BCUT2D eigenvalue weighted by atomic mass is 16.2. The predicted molar refractivity (Wildman–Crippen MR) is 193 cm³/mol. The van der Waals surface area contributed by atoms with E-state index in [9.17, 15) is 9.59 Å². The third-order valence-corrected chi connectivity index (χ3v) is 9.21. The number of aromatic nitrogens is 5. The van der Waals surface area contributed by atoms with E-state index in [1.807, 2.05) is 41.2 Å². The largest absolute Gasteiger partial charge is 0.372 e. The first kappa shape index (κ1) is 33.6. The van der Waals surface area contributed by atoms with Crippen molar-refractivity contribution in [2.45, 2.75) is 72.0 Å². The van der Waals surface area contributed by atoms with Crippen molar-refractivity contribution in [2.75, 3.05) is 18.4 Å². The van der Waals surface area contributed by atoms with E-state index >= 15 is 0 Å². The lowest BCUT2D eigenvalue weighted by atomic mass is 10.0. The number of rotatable bonds is 13. The van der Waals surface area contributed by atoms with E-state index in [4.69, 9.17) is 4.98 Å².